The molecule has 0 saturated carbocycles. The van der Waals surface area contributed by atoms with E-state index >= 15 is 0 Å². The zero-order chi connectivity index (χ0) is 10.3. The zero-order valence-electron chi connectivity index (χ0n) is 9.52. The van der Waals surface area contributed by atoms with Crippen molar-refractivity contribution in [3.63, 3.8) is 0 Å². The van der Waals surface area contributed by atoms with Crippen LogP contribution in [0.25, 0.3) is 0 Å². The Morgan fingerprint density at radius 2 is 1.92 bits per heavy atom. The number of likely N-dealkylation sites (N-methyl/N-ethyl adjacent to an activating group) is 1. The van der Waals surface area contributed by atoms with Gasteiger partial charge >= 0.3 is 0 Å². The van der Waals surface area contributed by atoms with Crippen molar-refractivity contribution in [3.8, 4) is 0 Å². The van der Waals surface area contributed by atoms with E-state index in [0.29, 0.717) is 6.04 Å². The van der Waals surface area contributed by atoms with Crippen molar-refractivity contribution in [2.24, 2.45) is 0 Å². The minimum atomic E-state index is -0.0780. The van der Waals surface area contributed by atoms with E-state index in [-0.39, 0.29) is 5.60 Å². The van der Waals surface area contributed by atoms with E-state index < -0.39 is 0 Å². The van der Waals surface area contributed by atoms with Gasteiger partial charge in [0.25, 0.3) is 0 Å². The summed E-state index contributed by atoms with van der Waals surface area (Å²) < 4.78 is 10.5. The van der Waals surface area contributed by atoms with Crippen LogP contribution in [0.1, 0.15) is 27.2 Å². The van der Waals surface area contributed by atoms with E-state index in [9.17, 15) is 0 Å². The van der Waals surface area contributed by atoms with Gasteiger partial charge in [0.2, 0.25) is 0 Å². The second-order valence-corrected chi connectivity index (χ2v) is 3.88. The largest absolute Gasteiger partial charge is 0.383 e. The minimum Gasteiger partial charge on any atom is -0.383 e. The third kappa shape index (κ3) is 6.02. The van der Waals surface area contributed by atoms with Gasteiger partial charge in [0.15, 0.2) is 0 Å². The molecule has 0 aliphatic heterocycles. The molecular weight excluding hydrogens is 166 g/mol. The highest BCUT2D eigenvalue weighted by atomic mass is 16.5. The highest BCUT2D eigenvalue weighted by Gasteiger charge is 2.21. The first-order valence-corrected chi connectivity index (χ1v) is 4.83. The molecule has 0 aromatic heterocycles. The number of ether oxygens (including phenoxy) is 2. The van der Waals surface area contributed by atoms with E-state index in [4.69, 9.17) is 9.47 Å². The SMILES string of the molecule is CCNC(COC)CC(C)(C)OC. The predicted molar refractivity (Wildman–Crippen MR) is 55.0 cm³/mol. The molecule has 0 radical (unpaired) electrons. The second kappa shape index (κ2) is 6.35. The van der Waals surface area contributed by atoms with Crippen molar-refractivity contribution in [1.82, 2.24) is 5.32 Å². The first-order valence-electron chi connectivity index (χ1n) is 4.83. The number of nitrogens with one attached hydrogen (secondary N) is 1. The summed E-state index contributed by atoms with van der Waals surface area (Å²) >= 11 is 0. The zero-order valence-corrected chi connectivity index (χ0v) is 9.52. The fraction of sp³-hybridized carbons (Fsp3) is 1.00. The summed E-state index contributed by atoms with van der Waals surface area (Å²) in [5.41, 5.74) is -0.0780. The molecule has 80 valence electrons. The quantitative estimate of drug-likeness (QED) is 0.657. The Labute approximate surface area is 81.8 Å². The van der Waals surface area contributed by atoms with Crippen molar-refractivity contribution in [2.75, 3.05) is 27.4 Å². The molecular formula is C10H23NO2. The van der Waals surface area contributed by atoms with Gasteiger partial charge in [0.05, 0.1) is 12.2 Å². The average Bonchev–Trinajstić information content (AvgIpc) is 2.05. The van der Waals surface area contributed by atoms with E-state index in [0.717, 1.165) is 19.6 Å². The molecule has 3 heteroatoms. The number of hydrogen-bond acceptors (Lipinski definition) is 3. The first kappa shape index (κ1) is 12.9. The van der Waals surface area contributed by atoms with Crippen LogP contribution in [0.2, 0.25) is 0 Å². The van der Waals surface area contributed by atoms with Gasteiger partial charge in [-0.05, 0) is 26.8 Å². The highest BCUT2D eigenvalue weighted by molar-refractivity contribution is 4.77. The van der Waals surface area contributed by atoms with Crippen molar-refractivity contribution in [1.29, 1.82) is 0 Å². The van der Waals surface area contributed by atoms with Gasteiger partial charge in [0.1, 0.15) is 0 Å². The molecule has 0 fully saturated rings. The number of rotatable bonds is 7. The maximum atomic E-state index is 5.37. The third-order valence-corrected chi connectivity index (χ3v) is 2.15. The highest BCUT2D eigenvalue weighted by Crippen LogP contribution is 2.15. The summed E-state index contributed by atoms with van der Waals surface area (Å²) in [5.74, 6) is 0. The lowest BCUT2D eigenvalue weighted by molar-refractivity contribution is -0.000802. The smallest absolute Gasteiger partial charge is 0.0638 e. The van der Waals surface area contributed by atoms with Gasteiger partial charge in [-0.1, -0.05) is 6.92 Å². The second-order valence-electron chi connectivity index (χ2n) is 3.88. The van der Waals surface area contributed by atoms with Gasteiger partial charge in [-0.3, -0.25) is 0 Å². The Hall–Kier alpha value is -0.120. The Morgan fingerprint density at radius 3 is 2.31 bits per heavy atom. The maximum absolute atomic E-state index is 5.37. The van der Waals surface area contributed by atoms with Gasteiger partial charge in [-0.15, -0.1) is 0 Å². The molecule has 0 aromatic carbocycles. The standard InChI is InChI=1S/C10H23NO2/c1-6-11-9(8-12-4)7-10(2,3)13-5/h9,11H,6-8H2,1-5H3. The van der Waals surface area contributed by atoms with Crippen LogP contribution in [0.4, 0.5) is 0 Å². The summed E-state index contributed by atoms with van der Waals surface area (Å²) in [4.78, 5) is 0. The van der Waals surface area contributed by atoms with Crippen molar-refractivity contribution in [2.45, 2.75) is 38.8 Å². The molecule has 1 unspecified atom stereocenters. The summed E-state index contributed by atoms with van der Waals surface area (Å²) in [7, 11) is 3.47. The van der Waals surface area contributed by atoms with Crippen LogP contribution in [-0.2, 0) is 9.47 Å². The third-order valence-electron chi connectivity index (χ3n) is 2.15. The van der Waals surface area contributed by atoms with Crippen molar-refractivity contribution in [3.05, 3.63) is 0 Å². The molecule has 0 amide bonds. The van der Waals surface area contributed by atoms with Crippen molar-refractivity contribution >= 4 is 0 Å². The minimum absolute atomic E-state index is 0.0780. The maximum Gasteiger partial charge on any atom is 0.0638 e. The predicted octanol–water partition coefficient (Wildman–Crippen LogP) is 1.43. The number of methoxy groups -OCH3 is 2. The molecule has 0 spiro atoms. The van der Waals surface area contributed by atoms with Crippen LogP contribution in [-0.4, -0.2) is 39.0 Å². The van der Waals surface area contributed by atoms with Crippen LogP contribution in [0.5, 0.6) is 0 Å². The molecule has 0 aromatic rings. The Bertz CT molecular complexity index is 120. The monoisotopic (exact) mass is 189 g/mol. The summed E-state index contributed by atoms with van der Waals surface area (Å²) in [6.45, 7) is 7.98. The molecule has 1 atom stereocenters. The lowest BCUT2D eigenvalue weighted by atomic mass is 9.99. The van der Waals surface area contributed by atoms with E-state index in [2.05, 4.69) is 26.1 Å². The van der Waals surface area contributed by atoms with Crippen LogP contribution in [0, 0.1) is 0 Å². The average molecular weight is 189 g/mol. The molecule has 0 saturated heterocycles. The van der Waals surface area contributed by atoms with Gasteiger partial charge in [0, 0.05) is 20.3 Å². The van der Waals surface area contributed by atoms with Crippen molar-refractivity contribution < 1.29 is 9.47 Å². The molecule has 0 heterocycles. The Kier molecular flexibility index (Phi) is 6.29. The number of hydrogen-bond donors (Lipinski definition) is 1. The first-order chi connectivity index (χ1) is 6.05. The summed E-state index contributed by atoms with van der Waals surface area (Å²) in [6, 6.07) is 0.380. The molecule has 1 N–H and O–H groups in total. The van der Waals surface area contributed by atoms with E-state index in [1.807, 2.05) is 0 Å². The molecule has 0 aliphatic carbocycles. The van der Waals surface area contributed by atoms with E-state index in [1.54, 1.807) is 14.2 Å². The van der Waals surface area contributed by atoms with Gasteiger partial charge < -0.3 is 14.8 Å². The lowest BCUT2D eigenvalue weighted by Crippen LogP contribution is -2.40. The van der Waals surface area contributed by atoms with E-state index in [1.165, 1.54) is 0 Å². The fourth-order valence-corrected chi connectivity index (χ4v) is 1.36. The molecule has 3 nitrogen and oxygen atoms in total. The van der Waals surface area contributed by atoms with Gasteiger partial charge in [-0.25, -0.2) is 0 Å². The van der Waals surface area contributed by atoms with Crippen LogP contribution < -0.4 is 5.32 Å². The Morgan fingerprint density at radius 1 is 1.31 bits per heavy atom. The van der Waals surface area contributed by atoms with Crippen LogP contribution >= 0.6 is 0 Å². The normalized spacial score (nSPS) is 14.5. The fourth-order valence-electron chi connectivity index (χ4n) is 1.36. The lowest BCUT2D eigenvalue weighted by Gasteiger charge is -2.28. The van der Waals surface area contributed by atoms with Gasteiger partial charge in [-0.2, -0.15) is 0 Å². The van der Waals surface area contributed by atoms with Crippen LogP contribution in [0.3, 0.4) is 0 Å². The molecule has 13 heavy (non-hydrogen) atoms. The van der Waals surface area contributed by atoms with Crippen LogP contribution in [0.15, 0.2) is 0 Å². The summed E-state index contributed by atoms with van der Waals surface area (Å²) in [6.07, 6.45) is 0.963. The molecule has 0 bridgehead atoms. The Balaban J connectivity index is 3.92. The molecule has 0 rings (SSSR count). The topological polar surface area (TPSA) is 30.5 Å². The summed E-state index contributed by atoms with van der Waals surface area (Å²) in [5, 5.41) is 3.37. The molecule has 0 aliphatic rings.